The number of Topliss-reactive ketones (excluding diaryl/α,β-unsaturated/α-hetero) is 3. The van der Waals surface area contributed by atoms with Gasteiger partial charge in [-0.1, -0.05) is 56.3 Å². The molecular weight excluding hydrogens is 438 g/mol. The van der Waals surface area contributed by atoms with Crippen molar-refractivity contribution in [2.45, 2.75) is 63.3 Å². The molecular formula is C26H31NO5S. The molecule has 0 fully saturated rings. The lowest BCUT2D eigenvalue weighted by atomic mass is 9.85. The zero-order valence-electron chi connectivity index (χ0n) is 19.1. The van der Waals surface area contributed by atoms with Crippen LogP contribution < -0.4 is 4.72 Å². The highest BCUT2D eigenvalue weighted by Crippen LogP contribution is 2.22. The molecule has 1 N–H and O–H groups in total. The van der Waals surface area contributed by atoms with Crippen LogP contribution in [0.1, 0.15) is 50.7 Å². The van der Waals surface area contributed by atoms with Gasteiger partial charge in [-0.05, 0) is 54.9 Å². The van der Waals surface area contributed by atoms with Crippen molar-refractivity contribution < 1.29 is 22.8 Å². The first-order valence-corrected chi connectivity index (χ1v) is 12.9. The van der Waals surface area contributed by atoms with Gasteiger partial charge >= 0.3 is 0 Å². The SMILES string of the molecule is CC(C)CC(NS(=O)(=O)c1ccccc1)C(=O)CC1Cc2ccc(cc2)CCCC(=O)C1=O. The fourth-order valence-corrected chi connectivity index (χ4v) is 5.40. The van der Waals surface area contributed by atoms with E-state index in [0.717, 1.165) is 17.5 Å². The van der Waals surface area contributed by atoms with Crippen LogP contribution in [-0.2, 0) is 37.2 Å². The van der Waals surface area contributed by atoms with Gasteiger partial charge in [0.1, 0.15) is 0 Å². The van der Waals surface area contributed by atoms with Crippen molar-refractivity contribution in [2.75, 3.05) is 0 Å². The molecule has 2 atom stereocenters. The number of sulfonamides is 1. The van der Waals surface area contributed by atoms with Crippen LogP contribution in [0, 0.1) is 11.8 Å². The average Bonchev–Trinajstić information content (AvgIpc) is 2.82. The maximum absolute atomic E-state index is 13.3. The molecule has 7 heteroatoms. The van der Waals surface area contributed by atoms with E-state index in [1.807, 2.05) is 38.1 Å². The van der Waals surface area contributed by atoms with E-state index in [4.69, 9.17) is 0 Å². The molecule has 2 aromatic rings. The Labute approximate surface area is 195 Å². The molecule has 2 bridgehead atoms. The van der Waals surface area contributed by atoms with Crippen LogP contribution >= 0.6 is 0 Å². The summed E-state index contributed by atoms with van der Waals surface area (Å²) in [5.74, 6) is -2.12. The summed E-state index contributed by atoms with van der Waals surface area (Å²) < 4.78 is 28.2. The summed E-state index contributed by atoms with van der Waals surface area (Å²) in [7, 11) is -3.91. The molecule has 2 unspecified atom stereocenters. The summed E-state index contributed by atoms with van der Waals surface area (Å²) in [6.45, 7) is 3.81. The Morgan fingerprint density at radius 3 is 2.24 bits per heavy atom. The van der Waals surface area contributed by atoms with Gasteiger partial charge in [0.2, 0.25) is 15.8 Å². The highest BCUT2D eigenvalue weighted by molar-refractivity contribution is 7.89. The van der Waals surface area contributed by atoms with Crippen LogP contribution in [0.15, 0.2) is 59.5 Å². The Hall–Kier alpha value is -2.64. The van der Waals surface area contributed by atoms with Crippen molar-refractivity contribution in [2.24, 2.45) is 11.8 Å². The van der Waals surface area contributed by atoms with Gasteiger partial charge in [-0.15, -0.1) is 0 Å². The first kappa shape index (κ1) is 25.0. The maximum atomic E-state index is 13.3. The molecule has 0 saturated carbocycles. The number of carbonyl (C=O) groups excluding carboxylic acids is 3. The van der Waals surface area contributed by atoms with Gasteiger partial charge in [0, 0.05) is 18.8 Å². The van der Waals surface area contributed by atoms with E-state index in [1.54, 1.807) is 18.2 Å². The fraction of sp³-hybridized carbons (Fsp3) is 0.423. The monoisotopic (exact) mass is 469 g/mol. The predicted molar refractivity (Wildman–Crippen MR) is 126 cm³/mol. The number of hydrogen-bond acceptors (Lipinski definition) is 5. The molecule has 0 aliphatic heterocycles. The fourth-order valence-electron chi connectivity index (χ4n) is 4.14. The van der Waals surface area contributed by atoms with E-state index in [9.17, 15) is 22.8 Å². The lowest BCUT2D eigenvalue weighted by Crippen LogP contribution is -2.43. The Morgan fingerprint density at radius 1 is 0.970 bits per heavy atom. The van der Waals surface area contributed by atoms with Crippen molar-refractivity contribution in [3.8, 4) is 0 Å². The van der Waals surface area contributed by atoms with Crippen molar-refractivity contribution >= 4 is 27.4 Å². The van der Waals surface area contributed by atoms with Gasteiger partial charge in [-0.2, -0.15) is 0 Å². The minimum atomic E-state index is -3.91. The second-order valence-corrected chi connectivity index (χ2v) is 10.9. The van der Waals surface area contributed by atoms with Crippen molar-refractivity contribution in [3.63, 3.8) is 0 Å². The molecule has 0 aromatic heterocycles. The van der Waals surface area contributed by atoms with Crippen molar-refractivity contribution in [3.05, 3.63) is 65.7 Å². The summed E-state index contributed by atoms with van der Waals surface area (Å²) in [4.78, 5) is 38.8. The summed E-state index contributed by atoms with van der Waals surface area (Å²) in [5, 5.41) is 0. The standard InChI is InChI=1S/C26H31NO5S/c1-18(2)15-23(27-33(31,32)22-8-4-3-5-9-22)25(29)17-21-16-20-13-11-19(12-14-20)7-6-10-24(28)26(21)30/h3-5,8-9,11-14,18,21,23,27H,6-7,10,15-17H2,1-2H3. The minimum Gasteiger partial charge on any atom is -0.298 e. The van der Waals surface area contributed by atoms with Gasteiger partial charge in [0.15, 0.2) is 11.6 Å². The third kappa shape index (κ3) is 6.92. The zero-order chi connectivity index (χ0) is 24.0. The molecule has 176 valence electrons. The number of rotatable bonds is 8. The maximum Gasteiger partial charge on any atom is 0.241 e. The van der Waals surface area contributed by atoms with Crippen molar-refractivity contribution in [1.29, 1.82) is 0 Å². The van der Waals surface area contributed by atoms with E-state index in [0.29, 0.717) is 12.8 Å². The van der Waals surface area contributed by atoms with E-state index in [1.165, 1.54) is 12.1 Å². The van der Waals surface area contributed by atoms with Crippen LogP contribution in [-0.4, -0.2) is 31.8 Å². The molecule has 0 radical (unpaired) electrons. The number of aryl methyl sites for hydroxylation is 1. The third-order valence-electron chi connectivity index (χ3n) is 5.91. The van der Waals surface area contributed by atoms with Crippen LogP contribution in [0.25, 0.3) is 0 Å². The van der Waals surface area contributed by atoms with Gasteiger partial charge in [0.25, 0.3) is 0 Å². The van der Waals surface area contributed by atoms with E-state index >= 15 is 0 Å². The first-order chi connectivity index (χ1) is 15.7. The molecule has 0 saturated heterocycles. The lowest BCUT2D eigenvalue weighted by Gasteiger charge is -2.22. The number of carbonyl (C=O) groups is 3. The average molecular weight is 470 g/mol. The minimum absolute atomic E-state index is 0.0508. The first-order valence-electron chi connectivity index (χ1n) is 11.4. The third-order valence-corrected chi connectivity index (χ3v) is 7.40. The highest BCUT2D eigenvalue weighted by atomic mass is 32.2. The van der Waals surface area contributed by atoms with Gasteiger partial charge in [-0.25, -0.2) is 13.1 Å². The lowest BCUT2D eigenvalue weighted by molar-refractivity contribution is -0.140. The van der Waals surface area contributed by atoms with Gasteiger partial charge in [-0.3, -0.25) is 14.4 Å². The van der Waals surface area contributed by atoms with Crippen LogP contribution in [0.2, 0.25) is 0 Å². The molecule has 4 rings (SSSR count). The zero-order valence-corrected chi connectivity index (χ0v) is 19.9. The van der Waals surface area contributed by atoms with E-state index < -0.39 is 33.5 Å². The van der Waals surface area contributed by atoms with Gasteiger partial charge < -0.3 is 0 Å². The summed E-state index contributed by atoms with van der Waals surface area (Å²) in [6, 6.07) is 14.8. The number of fused-ring (bicyclic) bond motifs is 8. The van der Waals surface area contributed by atoms with Crippen LogP contribution in [0.3, 0.4) is 0 Å². The van der Waals surface area contributed by atoms with Crippen LogP contribution in [0.4, 0.5) is 0 Å². The summed E-state index contributed by atoms with van der Waals surface area (Å²) >= 11 is 0. The second-order valence-electron chi connectivity index (χ2n) is 9.15. The highest BCUT2D eigenvalue weighted by Gasteiger charge is 2.32. The summed E-state index contributed by atoms with van der Waals surface area (Å²) in [5.41, 5.74) is 1.99. The smallest absolute Gasteiger partial charge is 0.241 e. The number of benzene rings is 2. The molecule has 2 aliphatic carbocycles. The second kappa shape index (κ2) is 11.0. The predicted octanol–water partition coefficient (Wildman–Crippen LogP) is 3.67. The van der Waals surface area contributed by atoms with Gasteiger partial charge in [0.05, 0.1) is 10.9 Å². The Bertz CT molecular complexity index is 1090. The molecule has 0 spiro atoms. The topological polar surface area (TPSA) is 97.4 Å². The molecule has 2 aromatic carbocycles. The van der Waals surface area contributed by atoms with Crippen LogP contribution in [0.5, 0.6) is 0 Å². The molecule has 2 aliphatic rings. The molecule has 6 nitrogen and oxygen atoms in total. The van der Waals surface area contributed by atoms with E-state index in [2.05, 4.69) is 4.72 Å². The molecule has 0 heterocycles. The number of ketones is 3. The number of hydrogen-bond donors (Lipinski definition) is 1. The molecule has 33 heavy (non-hydrogen) atoms. The molecule has 0 amide bonds. The Balaban J connectivity index is 1.83. The Morgan fingerprint density at radius 2 is 1.61 bits per heavy atom. The van der Waals surface area contributed by atoms with E-state index in [-0.39, 0.29) is 35.9 Å². The van der Waals surface area contributed by atoms with Crippen molar-refractivity contribution in [1.82, 2.24) is 4.72 Å². The quantitative estimate of drug-likeness (QED) is 0.595. The largest absolute Gasteiger partial charge is 0.298 e. The summed E-state index contributed by atoms with van der Waals surface area (Å²) in [6.07, 6.45) is 1.85. The normalized spacial score (nSPS) is 18.2. The number of nitrogens with one attached hydrogen (secondary N) is 1. The Kier molecular flexibility index (Phi) is 8.32.